The average Bonchev–Trinajstić information content (AvgIpc) is 2.01. The van der Waals surface area contributed by atoms with Gasteiger partial charge in [-0.3, -0.25) is 0 Å². The van der Waals surface area contributed by atoms with Crippen molar-refractivity contribution in [3.63, 3.8) is 0 Å². The maximum Gasteiger partial charge on any atom is 0.151 e. The van der Waals surface area contributed by atoms with Gasteiger partial charge in [-0.25, -0.2) is 0 Å². The highest BCUT2D eigenvalue weighted by molar-refractivity contribution is 5.58. The van der Waals surface area contributed by atoms with E-state index in [1.165, 1.54) is 6.92 Å². The molecule has 0 aliphatic carbocycles. The molecule has 0 aromatic heterocycles. The van der Waals surface area contributed by atoms with Gasteiger partial charge in [-0.2, -0.15) is 0 Å². The molecular weight excluding hydrogens is 152 g/mol. The number of aliphatic hydroxyl groups excluding tert-OH is 3. The summed E-state index contributed by atoms with van der Waals surface area (Å²) >= 11 is 0. The summed E-state index contributed by atoms with van der Waals surface area (Å²) in [6.45, 7) is 0.299. The van der Waals surface area contributed by atoms with Crippen molar-refractivity contribution in [2.45, 2.75) is 24.7 Å². The van der Waals surface area contributed by atoms with Crippen LogP contribution in [-0.4, -0.2) is 51.1 Å². The monoisotopic (exact) mass is 164 g/mol. The molecule has 0 saturated heterocycles. The zero-order chi connectivity index (χ0) is 9.07. The van der Waals surface area contributed by atoms with Crippen molar-refractivity contribution in [1.82, 2.24) is 0 Å². The van der Waals surface area contributed by atoms with Gasteiger partial charge in [0.1, 0.15) is 11.7 Å². The number of aldehydes is 1. The van der Waals surface area contributed by atoms with Gasteiger partial charge in [0.2, 0.25) is 0 Å². The Balaban J connectivity index is 4.44. The van der Waals surface area contributed by atoms with Crippen LogP contribution >= 0.6 is 0 Å². The van der Waals surface area contributed by atoms with Gasteiger partial charge in [0, 0.05) is 0 Å². The molecule has 0 fully saturated rings. The normalized spacial score (nSPS) is 21.9. The first kappa shape index (κ1) is 10.5. The molecule has 3 atom stereocenters. The van der Waals surface area contributed by atoms with E-state index < -0.39 is 24.4 Å². The van der Waals surface area contributed by atoms with Crippen LogP contribution in [-0.2, 0) is 4.79 Å². The van der Waals surface area contributed by atoms with E-state index in [4.69, 9.17) is 15.3 Å². The van der Waals surface area contributed by atoms with Crippen LogP contribution in [0.4, 0.5) is 0 Å². The summed E-state index contributed by atoms with van der Waals surface area (Å²) in [5.74, 6) is 0. The maximum absolute atomic E-state index is 9.98. The molecule has 0 saturated carbocycles. The first-order chi connectivity index (χ1) is 4.99. The van der Waals surface area contributed by atoms with Gasteiger partial charge in [-0.05, 0) is 6.92 Å². The van der Waals surface area contributed by atoms with Gasteiger partial charge in [0.05, 0.1) is 12.7 Å². The molecule has 0 aromatic rings. The van der Waals surface area contributed by atoms with Crippen LogP contribution in [0.3, 0.4) is 0 Å². The van der Waals surface area contributed by atoms with Crippen molar-refractivity contribution >= 4 is 6.29 Å². The smallest absolute Gasteiger partial charge is 0.151 e. The van der Waals surface area contributed by atoms with Gasteiger partial charge in [-0.15, -0.1) is 0 Å². The van der Waals surface area contributed by atoms with Crippen molar-refractivity contribution in [3.05, 3.63) is 0 Å². The third-order valence-corrected chi connectivity index (χ3v) is 1.62. The van der Waals surface area contributed by atoms with Crippen LogP contribution in [0.1, 0.15) is 6.92 Å². The third-order valence-electron chi connectivity index (χ3n) is 1.62. The number of carbonyl (C=O) groups is 1. The average molecular weight is 164 g/mol. The van der Waals surface area contributed by atoms with Crippen molar-refractivity contribution in [3.8, 4) is 0 Å². The minimum Gasteiger partial charge on any atom is -0.393 e. The van der Waals surface area contributed by atoms with E-state index in [0.717, 1.165) is 0 Å². The van der Waals surface area contributed by atoms with Crippen LogP contribution in [0.5, 0.6) is 0 Å². The largest absolute Gasteiger partial charge is 0.393 e. The highest BCUT2D eigenvalue weighted by Gasteiger charge is 2.39. The predicted octanol–water partition coefficient (Wildman–Crippen LogP) is -2.35. The lowest BCUT2D eigenvalue weighted by Gasteiger charge is -2.30. The lowest BCUT2D eigenvalue weighted by atomic mass is 9.93. The second-order valence-electron chi connectivity index (χ2n) is 2.41. The molecule has 0 rings (SSSR count). The van der Waals surface area contributed by atoms with E-state index in [2.05, 4.69) is 0 Å². The summed E-state index contributed by atoms with van der Waals surface area (Å²) in [6.07, 6.45) is -3.08. The molecule has 0 aliphatic rings. The Morgan fingerprint density at radius 2 is 2.00 bits per heavy atom. The molecule has 0 spiro atoms. The quantitative estimate of drug-likeness (QED) is 0.349. The zero-order valence-corrected chi connectivity index (χ0v) is 6.14. The number of carbonyl (C=O) groups excluding carboxylic acids is 1. The maximum atomic E-state index is 9.98. The van der Waals surface area contributed by atoms with Crippen LogP contribution in [0.15, 0.2) is 0 Å². The summed E-state index contributed by atoms with van der Waals surface area (Å²) < 4.78 is 0. The zero-order valence-electron chi connectivity index (χ0n) is 6.14. The van der Waals surface area contributed by atoms with Gasteiger partial charge in [0.25, 0.3) is 0 Å². The Hall–Kier alpha value is -0.490. The van der Waals surface area contributed by atoms with E-state index in [0.29, 0.717) is 0 Å². The van der Waals surface area contributed by atoms with Gasteiger partial charge in [-0.1, -0.05) is 0 Å². The molecule has 0 amide bonds. The molecule has 0 heterocycles. The first-order valence-corrected chi connectivity index (χ1v) is 3.13. The van der Waals surface area contributed by atoms with Crippen LogP contribution in [0.25, 0.3) is 0 Å². The number of aliphatic hydroxyl groups is 4. The summed E-state index contributed by atoms with van der Waals surface area (Å²) in [5.41, 5.74) is -2.15. The molecule has 4 N–H and O–H groups in total. The summed E-state index contributed by atoms with van der Waals surface area (Å²) in [6, 6.07) is 0. The minimum absolute atomic E-state index is 0.0585. The predicted molar refractivity (Wildman–Crippen MR) is 35.8 cm³/mol. The molecule has 5 nitrogen and oxygen atoms in total. The molecule has 5 heteroatoms. The summed E-state index contributed by atoms with van der Waals surface area (Å²) in [5, 5.41) is 35.4. The molecule has 11 heavy (non-hydrogen) atoms. The Labute approximate surface area is 63.9 Å². The van der Waals surface area contributed by atoms with Crippen molar-refractivity contribution < 1.29 is 25.2 Å². The molecule has 0 aliphatic heterocycles. The third kappa shape index (κ3) is 1.97. The number of hydrogen-bond acceptors (Lipinski definition) is 5. The van der Waals surface area contributed by atoms with Gasteiger partial charge < -0.3 is 25.2 Å². The Morgan fingerprint density at radius 3 is 2.09 bits per heavy atom. The molecule has 0 radical (unpaired) electrons. The Kier molecular flexibility index (Phi) is 3.61. The SMILES string of the molecule is CC(O)C(O)(CO)C(O)C=O. The standard InChI is InChI=1S/C6H12O5/c1-4(9)6(11,3-8)5(10)2-7/h2,4-5,8-11H,3H2,1H3. The highest BCUT2D eigenvalue weighted by atomic mass is 16.4. The van der Waals surface area contributed by atoms with Crippen LogP contribution in [0.2, 0.25) is 0 Å². The van der Waals surface area contributed by atoms with E-state index in [1.807, 2.05) is 0 Å². The van der Waals surface area contributed by atoms with Crippen LogP contribution < -0.4 is 0 Å². The van der Waals surface area contributed by atoms with E-state index in [1.54, 1.807) is 0 Å². The molecule has 0 bridgehead atoms. The fourth-order valence-corrected chi connectivity index (χ4v) is 0.591. The van der Waals surface area contributed by atoms with Crippen molar-refractivity contribution in [1.29, 1.82) is 0 Å². The summed E-state index contributed by atoms with van der Waals surface area (Å²) in [7, 11) is 0. The van der Waals surface area contributed by atoms with Crippen molar-refractivity contribution in [2.24, 2.45) is 0 Å². The molecule has 66 valence electrons. The number of hydrogen-bond donors (Lipinski definition) is 4. The lowest BCUT2D eigenvalue weighted by Crippen LogP contribution is -2.54. The molecular formula is C6H12O5. The fraction of sp³-hybridized carbons (Fsp3) is 0.833. The highest BCUT2D eigenvalue weighted by Crippen LogP contribution is 2.13. The fourth-order valence-electron chi connectivity index (χ4n) is 0.591. The second-order valence-corrected chi connectivity index (χ2v) is 2.41. The number of rotatable bonds is 4. The minimum atomic E-state index is -2.15. The Bertz CT molecular complexity index is 135. The van der Waals surface area contributed by atoms with E-state index >= 15 is 0 Å². The molecule has 3 unspecified atom stereocenters. The van der Waals surface area contributed by atoms with Crippen LogP contribution in [0, 0.1) is 0 Å². The topological polar surface area (TPSA) is 98.0 Å². The first-order valence-electron chi connectivity index (χ1n) is 3.13. The van der Waals surface area contributed by atoms with E-state index in [-0.39, 0.29) is 6.29 Å². The second kappa shape index (κ2) is 3.77. The molecule has 0 aromatic carbocycles. The lowest BCUT2D eigenvalue weighted by molar-refractivity contribution is -0.166. The van der Waals surface area contributed by atoms with E-state index in [9.17, 15) is 9.90 Å². The Morgan fingerprint density at radius 1 is 1.55 bits per heavy atom. The van der Waals surface area contributed by atoms with Crippen molar-refractivity contribution in [2.75, 3.05) is 6.61 Å². The summed E-state index contributed by atoms with van der Waals surface area (Å²) in [4.78, 5) is 9.98. The van der Waals surface area contributed by atoms with Gasteiger partial charge in [0.15, 0.2) is 6.29 Å². The van der Waals surface area contributed by atoms with Gasteiger partial charge >= 0.3 is 0 Å².